The van der Waals surface area contributed by atoms with Gasteiger partial charge in [-0.2, -0.15) is 10.5 Å². The average Bonchev–Trinajstić information content (AvgIpc) is 3.13. The molecule has 1 aliphatic rings. The molecule has 1 aliphatic heterocycles. The lowest BCUT2D eigenvalue weighted by Gasteiger charge is -2.34. The molecule has 5 rings (SSSR count). The summed E-state index contributed by atoms with van der Waals surface area (Å²) in [6.45, 7) is 1.53. The maximum absolute atomic E-state index is 14.8. The highest BCUT2D eigenvalue weighted by Crippen LogP contribution is 2.42. The van der Waals surface area contributed by atoms with E-state index >= 15 is 0 Å². The first-order chi connectivity index (χ1) is 24.2. The van der Waals surface area contributed by atoms with E-state index in [9.17, 15) is 29.2 Å². The number of phenols is 1. The van der Waals surface area contributed by atoms with E-state index in [0.717, 1.165) is 36.1 Å². The van der Waals surface area contributed by atoms with Gasteiger partial charge >= 0.3 is 0 Å². The molecule has 0 unspecified atom stereocenters. The Balaban J connectivity index is 0.00000181. The van der Waals surface area contributed by atoms with Gasteiger partial charge < -0.3 is 25.2 Å². The van der Waals surface area contributed by atoms with E-state index in [2.05, 4.69) is 16.4 Å². The van der Waals surface area contributed by atoms with Crippen LogP contribution in [0.15, 0.2) is 66.9 Å². The third kappa shape index (κ3) is 8.56. The van der Waals surface area contributed by atoms with E-state index in [1.165, 1.54) is 37.6 Å². The quantitative estimate of drug-likeness (QED) is 0.0681. The number of pyridine rings is 1. The molecule has 0 radical (unpaired) electrons. The summed E-state index contributed by atoms with van der Waals surface area (Å²) in [7, 11) is 1.23. The Morgan fingerprint density at radius 2 is 1.74 bits per heavy atom. The number of hydrogen-bond acceptors (Lipinski definition) is 10. The zero-order valence-electron chi connectivity index (χ0n) is 26.7. The number of rotatable bonds is 9. The Morgan fingerprint density at radius 1 is 1.06 bits per heavy atom. The number of nitrogens with one attached hydrogen (secondary N) is 2. The number of nitriles is 2. The second-order valence-corrected chi connectivity index (χ2v) is 11.0. The number of piperidine rings is 1. The first kappa shape index (κ1) is 36.5. The van der Waals surface area contributed by atoms with Gasteiger partial charge in [-0.3, -0.25) is 14.8 Å². The molecule has 0 saturated carbocycles. The number of methoxy groups -OCH3 is 1. The number of carbonyl (C=O) groups excluding carboxylic acids is 1. The SMILES string of the molecule is COc1c(O)cc(-c2cnc(N3CCC(NCc4ccc(/C=C/C(=O)NO)cc4)CC3)c(C#N)c2-c2ccc(C#N)c(F)c2)cc1F.O=CO. The molecule has 256 valence electrons. The third-order valence-electron chi connectivity index (χ3n) is 7.99. The summed E-state index contributed by atoms with van der Waals surface area (Å²) in [5.41, 5.74) is 4.50. The Labute approximate surface area is 286 Å². The van der Waals surface area contributed by atoms with Crippen LogP contribution in [0.1, 0.15) is 35.1 Å². The third-order valence-corrected chi connectivity index (χ3v) is 7.99. The van der Waals surface area contributed by atoms with Crippen molar-refractivity contribution in [1.82, 2.24) is 15.8 Å². The lowest BCUT2D eigenvalue weighted by atomic mass is 9.91. The lowest BCUT2D eigenvalue weighted by Crippen LogP contribution is -2.42. The van der Waals surface area contributed by atoms with Crippen molar-refractivity contribution in [2.75, 3.05) is 25.1 Å². The summed E-state index contributed by atoms with van der Waals surface area (Å²) < 4.78 is 34.6. The number of nitrogens with zero attached hydrogens (tertiary/aromatic N) is 4. The molecule has 1 saturated heterocycles. The van der Waals surface area contributed by atoms with Gasteiger partial charge in [0.2, 0.25) is 0 Å². The minimum atomic E-state index is -0.823. The first-order valence-corrected chi connectivity index (χ1v) is 15.1. The Kier molecular flexibility index (Phi) is 12.5. The fourth-order valence-corrected chi connectivity index (χ4v) is 5.58. The number of phenolic OH excluding ortho intramolecular Hbond substituents is 1. The van der Waals surface area contributed by atoms with E-state index in [-0.39, 0.29) is 35.0 Å². The molecular formula is C36H32F2N6O6. The minimum Gasteiger partial charge on any atom is -0.504 e. The summed E-state index contributed by atoms with van der Waals surface area (Å²) in [6, 6.07) is 18.3. The monoisotopic (exact) mass is 682 g/mol. The van der Waals surface area contributed by atoms with Crippen molar-refractivity contribution in [3.05, 3.63) is 101 Å². The minimum absolute atomic E-state index is 0.152. The number of anilines is 1. The second-order valence-electron chi connectivity index (χ2n) is 11.0. The van der Waals surface area contributed by atoms with Crippen LogP contribution in [-0.2, 0) is 16.1 Å². The molecule has 3 aromatic carbocycles. The van der Waals surface area contributed by atoms with Gasteiger partial charge in [0, 0.05) is 49.1 Å². The largest absolute Gasteiger partial charge is 0.504 e. The van der Waals surface area contributed by atoms with Gasteiger partial charge in [0.05, 0.1) is 12.7 Å². The average molecular weight is 683 g/mol. The highest BCUT2D eigenvalue weighted by atomic mass is 19.1. The molecule has 0 atom stereocenters. The number of carbonyl (C=O) groups is 2. The van der Waals surface area contributed by atoms with Crippen molar-refractivity contribution in [3.8, 4) is 45.9 Å². The summed E-state index contributed by atoms with van der Waals surface area (Å²) in [6.07, 6.45) is 5.81. The van der Waals surface area contributed by atoms with Crippen LogP contribution >= 0.6 is 0 Å². The number of aromatic nitrogens is 1. The topological polar surface area (TPSA) is 192 Å². The molecule has 12 nitrogen and oxygen atoms in total. The fourth-order valence-electron chi connectivity index (χ4n) is 5.58. The molecule has 0 aliphatic carbocycles. The van der Waals surface area contributed by atoms with E-state index in [4.69, 9.17) is 19.8 Å². The van der Waals surface area contributed by atoms with Crippen molar-refractivity contribution in [3.63, 3.8) is 0 Å². The number of amides is 1. The summed E-state index contributed by atoms with van der Waals surface area (Å²) in [5, 5.41) is 49.1. The number of benzene rings is 3. The molecule has 0 bridgehead atoms. The lowest BCUT2D eigenvalue weighted by molar-refractivity contribution is -0.124. The van der Waals surface area contributed by atoms with Crippen molar-refractivity contribution in [2.45, 2.75) is 25.4 Å². The van der Waals surface area contributed by atoms with Gasteiger partial charge in [0.15, 0.2) is 17.3 Å². The summed E-state index contributed by atoms with van der Waals surface area (Å²) >= 11 is 0. The smallest absolute Gasteiger partial charge is 0.290 e. The van der Waals surface area contributed by atoms with Crippen LogP contribution in [0.3, 0.4) is 0 Å². The van der Waals surface area contributed by atoms with Crippen molar-refractivity contribution >= 4 is 24.3 Å². The van der Waals surface area contributed by atoms with Crippen molar-refractivity contribution < 1.29 is 38.5 Å². The Bertz CT molecular complexity index is 1940. The van der Waals surface area contributed by atoms with Crippen LogP contribution < -0.4 is 20.4 Å². The van der Waals surface area contributed by atoms with Crippen molar-refractivity contribution in [1.29, 1.82) is 10.5 Å². The zero-order valence-corrected chi connectivity index (χ0v) is 26.7. The number of halogens is 2. The standard InChI is InChI=1S/C35H30F2N6O4.CH2O2/c1-47-34-30(37)15-25(16-31(34)44)28-20-41-35(27(18-39)33(28)23-7-8-24(17-38)29(36)14-23)43-12-10-26(11-13-43)40-19-22-4-2-21(3-5-22)6-9-32(45)42-46;2-1-3/h2-9,14-16,20,26,40,44,46H,10-13,19H2,1H3,(H,42,45);1H,(H,2,3)/b9-6+;. The number of hydrogen-bond donors (Lipinski definition) is 5. The molecule has 1 fully saturated rings. The second kappa shape index (κ2) is 17.2. The maximum Gasteiger partial charge on any atom is 0.290 e. The van der Waals surface area contributed by atoms with Gasteiger partial charge in [0.1, 0.15) is 29.3 Å². The first-order valence-electron chi connectivity index (χ1n) is 15.1. The molecule has 50 heavy (non-hydrogen) atoms. The van der Waals surface area contributed by atoms with Gasteiger partial charge in [-0.25, -0.2) is 19.2 Å². The molecular weight excluding hydrogens is 650 g/mol. The zero-order chi connectivity index (χ0) is 36.2. The molecule has 0 spiro atoms. The predicted octanol–water partition coefficient (Wildman–Crippen LogP) is 5.13. The summed E-state index contributed by atoms with van der Waals surface area (Å²) in [5.74, 6) is -2.59. The van der Waals surface area contributed by atoms with Gasteiger partial charge in [-0.1, -0.05) is 30.3 Å². The van der Waals surface area contributed by atoms with E-state index in [0.29, 0.717) is 42.1 Å². The molecule has 1 amide bonds. The van der Waals surface area contributed by atoms with Crippen LogP contribution in [0.5, 0.6) is 11.5 Å². The normalized spacial score (nSPS) is 12.7. The van der Waals surface area contributed by atoms with E-state index in [1.54, 1.807) is 17.6 Å². The van der Waals surface area contributed by atoms with Crippen molar-refractivity contribution in [2.24, 2.45) is 0 Å². The van der Waals surface area contributed by atoms with Gasteiger partial charge in [-0.15, -0.1) is 0 Å². The van der Waals surface area contributed by atoms with Crippen LogP contribution in [0, 0.1) is 34.3 Å². The van der Waals surface area contributed by atoms with Crippen LogP contribution in [0.4, 0.5) is 14.6 Å². The Hall–Kier alpha value is -6.35. The highest BCUT2D eigenvalue weighted by Gasteiger charge is 2.26. The van der Waals surface area contributed by atoms with Crippen LogP contribution in [-0.4, -0.2) is 59.0 Å². The van der Waals surface area contributed by atoms with Crippen LogP contribution in [0.25, 0.3) is 28.3 Å². The fraction of sp³-hybridized carbons (Fsp3) is 0.194. The molecule has 5 N–H and O–H groups in total. The van der Waals surface area contributed by atoms with E-state index < -0.39 is 23.3 Å². The van der Waals surface area contributed by atoms with Gasteiger partial charge in [0.25, 0.3) is 12.4 Å². The summed E-state index contributed by atoms with van der Waals surface area (Å²) in [4.78, 5) is 26.1. The number of ether oxygens (including phenoxy) is 1. The van der Waals surface area contributed by atoms with E-state index in [1.807, 2.05) is 29.2 Å². The molecule has 14 heteroatoms. The predicted molar refractivity (Wildman–Crippen MR) is 179 cm³/mol. The maximum atomic E-state index is 14.8. The molecule has 1 aromatic heterocycles. The highest BCUT2D eigenvalue weighted by molar-refractivity contribution is 5.91. The molecule has 2 heterocycles. The molecule has 4 aromatic rings. The Morgan fingerprint density at radius 3 is 2.32 bits per heavy atom. The number of carboxylic acid groups (broad SMARTS) is 1. The van der Waals surface area contributed by atoms with Gasteiger partial charge in [-0.05, 0) is 65.4 Å². The number of hydroxylamine groups is 1. The van der Waals surface area contributed by atoms with Crippen LogP contribution in [0.2, 0.25) is 0 Å². The number of aromatic hydroxyl groups is 1.